The van der Waals surface area contributed by atoms with Crippen LogP contribution in [0.5, 0.6) is 0 Å². The maximum absolute atomic E-state index is 12.2. The van der Waals surface area contributed by atoms with Gasteiger partial charge in [-0.05, 0) is 45.6 Å². The van der Waals surface area contributed by atoms with Crippen LogP contribution in [0.2, 0.25) is 0 Å². The van der Waals surface area contributed by atoms with Crippen molar-refractivity contribution in [2.45, 2.75) is 63.5 Å². The molecule has 0 atom stereocenters. The summed E-state index contributed by atoms with van der Waals surface area (Å²) in [6.07, 6.45) is 9.48. The molecule has 1 aliphatic heterocycles. The SMILES string of the molecule is CNC1CCC(NC(=O)N2CCCCCC2)CC1. The van der Waals surface area contributed by atoms with Gasteiger partial charge in [-0.3, -0.25) is 0 Å². The Kier molecular flexibility index (Phi) is 5.29. The first-order chi connectivity index (χ1) is 8.79. The van der Waals surface area contributed by atoms with Crippen LogP contribution in [0.1, 0.15) is 51.4 Å². The molecule has 0 aromatic carbocycles. The molecule has 2 aliphatic rings. The van der Waals surface area contributed by atoms with Crippen LogP contribution in [-0.4, -0.2) is 43.2 Å². The molecule has 1 aliphatic carbocycles. The van der Waals surface area contributed by atoms with Crippen LogP contribution in [0, 0.1) is 0 Å². The van der Waals surface area contributed by atoms with E-state index >= 15 is 0 Å². The third kappa shape index (κ3) is 3.87. The molecule has 0 aromatic rings. The molecule has 0 spiro atoms. The van der Waals surface area contributed by atoms with Gasteiger partial charge in [0.2, 0.25) is 0 Å². The summed E-state index contributed by atoms with van der Waals surface area (Å²) in [7, 11) is 2.03. The molecular formula is C14H27N3O. The molecule has 0 bridgehead atoms. The maximum Gasteiger partial charge on any atom is 0.317 e. The van der Waals surface area contributed by atoms with Gasteiger partial charge in [0, 0.05) is 25.2 Å². The van der Waals surface area contributed by atoms with Gasteiger partial charge in [0.1, 0.15) is 0 Å². The van der Waals surface area contributed by atoms with Gasteiger partial charge in [0.05, 0.1) is 0 Å². The molecule has 2 N–H and O–H groups in total. The van der Waals surface area contributed by atoms with E-state index in [4.69, 9.17) is 0 Å². The molecule has 2 rings (SSSR count). The van der Waals surface area contributed by atoms with Gasteiger partial charge in [0.25, 0.3) is 0 Å². The fraction of sp³-hybridized carbons (Fsp3) is 0.929. The predicted molar refractivity (Wildman–Crippen MR) is 73.7 cm³/mol. The Hall–Kier alpha value is -0.770. The van der Waals surface area contributed by atoms with Crippen molar-refractivity contribution in [1.29, 1.82) is 0 Å². The summed E-state index contributed by atoms with van der Waals surface area (Å²) in [5.41, 5.74) is 0. The third-order valence-corrected chi connectivity index (χ3v) is 4.36. The van der Waals surface area contributed by atoms with Crippen LogP contribution < -0.4 is 10.6 Å². The zero-order valence-electron chi connectivity index (χ0n) is 11.6. The van der Waals surface area contributed by atoms with E-state index in [1.165, 1.54) is 38.5 Å². The minimum absolute atomic E-state index is 0.171. The van der Waals surface area contributed by atoms with Gasteiger partial charge >= 0.3 is 6.03 Å². The summed E-state index contributed by atoms with van der Waals surface area (Å²) in [6, 6.07) is 1.21. The molecule has 1 saturated carbocycles. The number of hydrogen-bond donors (Lipinski definition) is 2. The highest BCUT2D eigenvalue weighted by atomic mass is 16.2. The van der Waals surface area contributed by atoms with Gasteiger partial charge < -0.3 is 15.5 Å². The second-order valence-corrected chi connectivity index (χ2v) is 5.69. The van der Waals surface area contributed by atoms with Crippen LogP contribution in [0.15, 0.2) is 0 Å². The van der Waals surface area contributed by atoms with Crippen molar-refractivity contribution in [1.82, 2.24) is 15.5 Å². The number of carbonyl (C=O) groups excluding carboxylic acids is 1. The third-order valence-electron chi connectivity index (χ3n) is 4.36. The molecule has 2 fully saturated rings. The van der Waals surface area contributed by atoms with Crippen molar-refractivity contribution in [3.63, 3.8) is 0 Å². The molecule has 18 heavy (non-hydrogen) atoms. The first-order valence-corrected chi connectivity index (χ1v) is 7.52. The number of amides is 2. The minimum Gasteiger partial charge on any atom is -0.335 e. The highest BCUT2D eigenvalue weighted by Gasteiger charge is 2.23. The van der Waals surface area contributed by atoms with Crippen molar-refractivity contribution in [2.75, 3.05) is 20.1 Å². The molecule has 1 saturated heterocycles. The van der Waals surface area contributed by atoms with E-state index in [9.17, 15) is 4.79 Å². The minimum atomic E-state index is 0.171. The summed E-state index contributed by atoms with van der Waals surface area (Å²) < 4.78 is 0. The fourth-order valence-electron chi connectivity index (χ4n) is 3.07. The van der Waals surface area contributed by atoms with Crippen LogP contribution in [0.3, 0.4) is 0 Å². The van der Waals surface area contributed by atoms with Gasteiger partial charge in [-0.1, -0.05) is 12.8 Å². The zero-order chi connectivity index (χ0) is 12.8. The Morgan fingerprint density at radius 1 is 0.944 bits per heavy atom. The van der Waals surface area contributed by atoms with Crippen molar-refractivity contribution >= 4 is 6.03 Å². The monoisotopic (exact) mass is 253 g/mol. The Labute approximate surface area is 110 Å². The van der Waals surface area contributed by atoms with Gasteiger partial charge in [0.15, 0.2) is 0 Å². The predicted octanol–water partition coefficient (Wildman–Crippen LogP) is 2.10. The van der Waals surface area contributed by atoms with Crippen LogP contribution in [0.4, 0.5) is 4.79 Å². The highest BCUT2D eigenvalue weighted by molar-refractivity contribution is 5.74. The van der Waals surface area contributed by atoms with Crippen molar-refractivity contribution in [3.8, 4) is 0 Å². The molecule has 104 valence electrons. The Morgan fingerprint density at radius 2 is 1.50 bits per heavy atom. The Balaban J connectivity index is 1.73. The van der Waals surface area contributed by atoms with Crippen molar-refractivity contribution in [2.24, 2.45) is 0 Å². The summed E-state index contributed by atoms with van der Waals surface area (Å²) in [5, 5.41) is 6.55. The van der Waals surface area contributed by atoms with E-state index < -0.39 is 0 Å². The van der Waals surface area contributed by atoms with Gasteiger partial charge in [-0.25, -0.2) is 4.79 Å². The van der Waals surface area contributed by atoms with E-state index in [0.29, 0.717) is 12.1 Å². The van der Waals surface area contributed by atoms with E-state index in [-0.39, 0.29) is 6.03 Å². The molecule has 0 radical (unpaired) electrons. The first-order valence-electron chi connectivity index (χ1n) is 7.52. The highest BCUT2D eigenvalue weighted by Crippen LogP contribution is 2.19. The lowest BCUT2D eigenvalue weighted by atomic mass is 9.91. The van der Waals surface area contributed by atoms with E-state index in [1.54, 1.807) is 0 Å². The standard InChI is InChI=1S/C14H27N3O/c1-15-12-6-8-13(9-7-12)16-14(18)17-10-4-2-3-5-11-17/h12-13,15H,2-11H2,1H3,(H,16,18). The van der Waals surface area contributed by atoms with Crippen molar-refractivity contribution in [3.05, 3.63) is 0 Å². The number of nitrogens with zero attached hydrogens (tertiary/aromatic N) is 1. The number of rotatable bonds is 2. The fourth-order valence-corrected chi connectivity index (χ4v) is 3.07. The van der Waals surface area contributed by atoms with Crippen LogP contribution >= 0.6 is 0 Å². The lowest BCUT2D eigenvalue weighted by Crippen LogP contribution is -2.47. The van der Waals surface area contributed by atoms with Crippen LogP contribution in [-0.2, 0) is 0 Å². The largest absolute Gasteiger partial charge is 0.335 e. The number of urea groups is 1. The first kappa shape index (κ1) is 13.7. The van der Waals surface area contributed by atoms with E-state index in [2.05, 4.69) is 10.6 Å². The van der Waals surface area contributed by atoms with Gasteiger partial charge in [-0.2, -0.15) is 0 Å². The summed E-state index contributed by atoms with van der Waals surface area (Å²) in [5.74, 6) is 0. The average molecular weight is 253 g/mol. The molecular weight excluding hydrogens is 226 g/mol. The maximum atomic E-state index is 12.2. The zero-order valence-corrected chi connectivity index (χ0v) is 11.6. The quantitative estimate of drug-likeness (QED) is 0.791. The number of likely N-dealkylation sites (tertiary alicyclic amines) is 1. The average Bonchev–Trinajstić information content (AvgIpc) is 2.68. The Bertz CT molecular complexity index is 254. The summed E-state index contributed by atoms with van der Waals surface area (Å²) in [6.45, 7) is 1.88. The summed E-state index contributed by atoms with van der Waals surface area (Å²) >= 11 is 0. The smallest absolute Gasteiger partial charge is 0.317 e. The molecule has 0 unspecified atom stereocenters. The number of nitrogens with one attached hydrogen (secondary N) is 2. The molecule has 1 heterocycles. The van der Waals surface area contributed by atoms with Crippen molar-refractivity contribution < 1.29 is 4.79 Å². The van der Waals surface area contributed by atoms with Gasteiger partial charge in [-0.15, -0.1) is 0 Å². The normalized spacial score (nSPS) is 29.7. The second kappa shape index (κ2) is 6.98. The lowest BCUT2D eigenvalue weighted by Gasteiger charge is -2.31. The van der Waals surface area contributed by atoms with Crippen LogP contribution in [0.25, 0.3) is 0 Å². The summed E-state index contributed by atoms with van der Waals surface area (Å²) in [4.78, 5) is 14.2. The molecule has 2 amide bonds. The molecule has 0 aromatic heterocycles. The van der Waals surface area contributed by atoms with E-state index in [1.807, 2.05) is 11.9 Å². The lowest BCUT2D eigenvalue weighted by molar-refractivity contribution is 0.190. The molecule has 4 nitrogen and oxygen atoms in total. The topological polar surface area (TPSA) is 44.4 Å². The van der Waals surface area contributed by atoms with E-state index in [0.717, 1.165) is 25.9 Å². The number of hydrogen-bond acceptors (Lipinski definition) is 2. The second-order valence-electron chi connectivity index (χ2n) is 5.69. The number of carbonyl (C=O) groups is 1. The molecule has 4 heteroatoms. The Morgan fingerprint density at radius 3 is 2.06 bits per heavy atom.